The van der Waals surface area contributed by atoms with Crippen molar-refractivity contribution in [3.05, 3.63) is 6.42 Å². The van der Waals surface area contributed by atoms with Gasteiger partial charge in [0.1, 0.15) is 0 Å². The molecule has 0 saturated carbocycles. The summed E-state index contributed by atoms with van der Waals surface area (Å²) in [5.41, 5.74) is 0. The summed E-state index contributed by atoms with van der Waals surface area (Å²) in [7, 11) is 0. The highest BCUT2D eigenvalue weighted by Crippen LogP contribution is 1.94. The van der Waals surface area contributed by atoms with E-state index < -0.39 is 0 Å². The molecule has 0 saturated heterocycles. The second-order valence-corrected chi connectivity index (χ2v) is 2.86. The molecule has 2 heteroatoms. The third-order valence-corrected chi connectivity index (χ3v) is 1.56. The highest BCUT2D eigenvalue weighted by molar-refractivity contribution is 4.74. The zero-order valence-corrected chi connectivity index (χ0v) is 8.47. The minimum Gasteiger partial charge on any atom is -0.694 e. The predicted octanol–water partition coefficient (Wildman–Crippen LogP) is 2.19. The van der Waals surface area contributed by atoms with Crippen LogP contribution in [0.15, 0.2) is 0 Å². The largest absolute Gasteiger partial charge is 0.694 e. The summed E-state index contributed by atoms with van der Waals surface area (Å²) in [4.78, 5) is 0. The van der Waals surface area contributed by atoms with E-state index in [0.717, 1.165) is 38.9 Å². The second-order valence-electron chi connectivity index (χ2n) is 2.86. The van der Waals surface area contributed by atoms with E-state index in [-0.39, 0.29) is 0 Å². The Balaban J connectivity index is 2.80. The van der Waals surface area contributed by atoms with Crippen LogP contribution in [0.2, 0.25) is 0 Å². The maximum absolute atomic E-state index is 6.68. The van der Waals surface area contributed by atoms with Gasteiger partial charge < -0.3 is 21.8 Å². The lowest BCUT2D eigenvalue weighted by molar-refractivity contribution is 0.0468. The molecule has 76 valence electrons. The van der Waals surface area contributed by atoms with Gasteiger partial charge in [-0.05, 0) is 25.7 Å². The maximum Gasteiger partial charge on any atom is 0.0700 e. The molecular formula is C11H19O2-. The summed E-state index contributed by atoms with van der Waals surface area (Å²) >= 11 is 0. The molecule has 0 amide bonds. The monoisotopic (exact) mass is 183 g/mol. The normalized spacial score (nSPS) is 9.85. The molecule has 0 aliphatic heterocycles. The van der Waals surface area contributed by atoms with Crippen molar-refractivity contribution in [1.82, 2.24) is 0 Å². The van der Waals surface area contributed by atoms with Crippen molar-refractivity contribution in [3.8, 4) is 5.92 Å². The average molecular weight is 183 g/mol. The van der Waals surface area contributed by atoms with Crippen LogP contribution in [0.1, 0.15) is 32.6 Å². The van der Waals surface area contributed by atoms with Crippen LogP contribution in [0, 0.1) is 12.3 Å². The molecule has 0 N–H and O–H groups in total. The van der Waals surface area contributed by atoms with Gasteiger partial charge in [0, 0.05) is 13.2 Å². The Labute approximate surface area is 81.6 Å². The van der Waals surface area contributed by atoms with E-state index in [1.54, 1.807) is 0 Å². The smallest absolute Gasteiger partial charge is 0.0700 e. The number of unbranched alkanes of at least 4 members (excludes halogenated alkanes) is 2. The van der Waals surface area contributed by atoms with Crippen LogP contribution in [0.4, 0.5) is 0 Å². The van der Waals surface area contributed by atoms with Crippen LogP contribution in [0.25, 0.3) is 0 Å². The second kappa shape index (κ2) is 11.5. The van der Waals surface area contributed by atoms with Gasteiger partial charge in [0.15, 0.2) is 0 Å². The lowest BCUT2D eigenvalue weighted by atomic mass is 10.2. The summed E-state index contributed by atoms with van der Waals surface area (Å²) in [5, 5.41) is 0. The van der Waals surface area contributed by atoms with Gasteiger partial charge in [0.2, 0.25) is 0 Å². The molecule has 0 atom stereocenters. The standard InChI is InChI=1S/C11H19O2/c1-3-5-6-7-9-13-11-10-12-8-4-2/h4-11H2,2H3/q-1. The molecule has 0 aliphatic rings. The van der Waals surface area contributed by atoms with Crippen molar-refractivity contribution >= 4 is 0 Å². The lowest BCUT2D eigenvalue weighted by Crippen LogP contribution is -2.05. The Hall–Kier alpha value is -0.520. The highest BCUT2D eigenvalue weighted by Gasteiger charge is 1.88. The number of hydrogen-bond donors (Lipinski definition) is 0. The molecule has 0 aromatic rings. The van der Waals surface area contributed by atoms with Crippen LogP contribution >= 0.6 is 0 Å². The number of ether oxygens (including phenoxy) is 2. The molecule has 0 aromatic heterocycles. The fourth-order valence-electron chi connectivity index (χ4n) is 0.884. The van der Waals surface area contributed by atoms with Gasteiger partial charge in [0.25, 0.3) is 0 Å². The molecule has 0 aliphatic carbocycles. The van der Waals surface area contributed by atoms with Gasteiger partial charge in [-0.3, -0.25) is 0 Å². The van der Waals surface area contributed by atoms with Gasteiger partial charge in [-0.25, -0.2) is 0 Å². The van der Waals surface area contributed by atoms with E-state index in [1.807, 2.05) is 0 Å². The van der Waals surface area contributed by atoms with Crippen LogP contribution < -0.4 is 0 Å². The minimum atomic E-state index is 0.689. The summed E-state index contributed by atoms with van der Waals surface area (Å²) in [6, 6.07) is 0. The van der Waals surface area contributed by atoms with Gasteiger partial charge in [-0.1, -0.05) is 6.92 Å². The van der Waals surface area contributed by atoms with Crippen LogP contribution in [-0.2, 0) is 9.47 Å². The fraction of sp³-hybridized carbons (Fsp3) is 0.818. The molecular weight excluding hydrogens is 164 g/mol. The van der Waals surface area contributed by atoms with Crippen LogP contribution in [0.5, 0.6) is 0 Å². The molecule has 13 heavy (non-hydrogen) atoms. The Kier molecular flexibility index (Phi) is 11.0. The lowest BCUT2D eigenvalue weighted by Gasteiger charge is -2.04. The van der Waals surface area contributed by atoms with Gasteiger partial charge in [0.05, 0.1) is 13.2 Å². The summed E-state index contributed by atoms with van der Waals surface area (Å²) < 4.78 is 10.6. The van der Waals surface area contributed by atoms with E-state index in [0.29, 0.717) is 13.2 Å². The Morgan fingerprint density at radius 1 is 1.00 bits per heavy atom. The third kappa shape index (κ3) is 11.5. The van der Waals surface area contributed by atoms with Crippen molar-refractivity contribution in [3.63, 3.8) is 0 Å². The first kappa shape index (κ1) is 12.5. The molecule has 0 aromatic carbocycles. The van der Waals surface area contributed by atoms with Gasteiger partial charge >= 0.3 is 0 Å². The molecule has 0 rings (SSSR count). The zero-order chi connectivity index (χ0) is 9.78. The van der Waals surface area contributed by atoms with E-state index in [4.69, 9.17) is 15.9 Å². The van der Waals surface area contributed by atoms with E-state index in [2.05, 4.69) is 12.8 Å². The van der Waals surface area contributed by atoms with Gasteiger partial charge in [-0.15, -0.1) is 0 Å². The van der Waals surface area contributed by atoms with Crippen molar-refractivity contribution in [2.75, 3.05) is 26.4 Å². The third-order valence-electron chi connectivity index (χ3n) is 1.56. The summed E-state index contributed by atoms with van der Waals surface area (Å²) in [6.07, 6.45) is 10.5. The first-order valence-electron chi connectivity index (χ1n) is 4.97. The molecule has 0 bridgehead atoms. The summed E-state index contributed by atoms with van der Waals surface area (Å²) in [6.45, 7) is 5.08. The van der Waals surface area contributed by atoms with Crippen molar-refractivity contribution in [2.45, 2.75) is 32.6 Å². The SMILES string of the molecule is [C-]#CCCCCOCCOCCC. The predicted molar refractivity (Wildman–Crippen MR) is 52.9 cm³/mol. The number of hydrogen-bond acceptors (Lipinski definition) is 2. The summed E-state index contributed by atoms with van der Waals surface area (Å²) in [5.74, 6) is 2.36. The van der Waals surface area contributed by atoms with Crippen molar-refractivity contribution < 1.29 is 9.47 Å². The van der Waals surface area contributed by atoms with E-state index >= 15 is 0 Å². The molecule has 0 heterocycles. The minimum absolute atomic E-state index is 0.689. The highest BCUT2D eigenvalue weighted by atomic mass is 16.5. The maximum atomic E-state index is 6.68. The van der Waals surface area contributed by atoms with Crippen molar-refractivity contribution in [1.29, 1.82) is 0 Å². The van der Waals surface area contributed by atoms with Crippen molar-refractivity contribution in [2.24, 2.45) is 0 Å². The van der Waals surface area contributed by atoms with Gasteiger partial charge in [-0.2, -0.15) is 0 Å². The Morgan fingerprint density at radius 2 is 1.69 bits per heavy atom. The first-order chi connectivity index (χ1) is 6.41. The topological polar surface area (TPSA) is 18.5 Å². The number of rotatable bonds is 9. The molecule has 0 fully saturated rings. The fourth-order valence-corrected chi connectivity index (χ4v) is 0.884. The van der Waals surface area contributed by atoms with E-state index in [9.17, 15) is 0 Å². The zero-order valence-electron chi connectivity index (χ0n) is 8.47. The average Bonchev–Trinajstić information content (AvgIpc) is 2.16. The Bertz CT molecular complexity index is 127. The quantitative estimate of drug-likeness (QED) is 0.310. The van der Waals surface area contributed by atoms with E-state index in [1.165, 1.54) is 0 Å². The molecule has 2 nitrogen and oxygen atoms in total. The van der Waals surface area contributed by atoms with Crippen LogP contribution in [-0.4, -0.2) is 26.4 Å². The Morgan fingerprint density at radius 3 is 2.31 bits per heavy atom. The molecule has 0 radical (unpaired) electrons. The first-order valence-corrected chi connectivity index (χ1v) is 4.97. The molecule has 0 spiro atoms. The molecule has 0 unspecified atom stereocenters. The van der Waals surface area contributed by atoms with Crippen LogP contribution in [0.3, 0.4) is 0 Å².